The highest BCUT2D eigenvalue weighted by atomic mass is 35.5. The van der Waals surface area contributed by atoms with E-state index in [-0.39, 0.29) is 22.0 Å². The number of nitrogens with one attached hydrogen (secondary N) is 2. The van der Waals surface area contributed by atoms with Crippen LogP contribution in [0.25, 0.3) is 11.1 Å². The third kappa shape index (κ3) is 4.26. The first kappa shape index (κ1) is 19.3. The maximum atomic E-state index is 14.0. The summed E-state index contributed by atoms with van der Waals surface area (Å²) in [6.45, 7) is 0. The van der Waals surface area contributed by atoms with E-state index in [0.29, 0.717) is 16.1 Å². The molecule has 0 saturated carbocycles. The van der Waals surface area contributed by atoms with Gasteiger partial charge in [-0.05, 0) is 29.8 Å². The molecule has 4 nitrogen and oxygen atoms in total. The van der Waals surface area contributed by atoms with Crippen molar-refractivity contribution in [1.82, 2.24) is 10.2 Å². The molecule has 0 fully saturated rings. The van der Waals surface area contributed by atoms with E-state index in [9.17, 15) is 18.0 Å². The van der Waals surface area contributed by atoms with Crippen LogP contribution in [0.5, 0.6) is 0 Å². The summed E-state index contributed by atoms with van der Waals surface area (Å²) >= 11 is 11.9. The molecule has 3 aromatic rings. The molecular formula is C18H12Cl2F3N3O. The van der Waals surface area contributed by atoms with Gasteiger partial charge in [0.05, 0.1) is 29.6 Å². The number of carbonyl (C=O) groups excluding carboxylic acids is 1. The Kier molecular flexibility index (Phi) is 5.72. The highest BCUT2D eigenvalue weighted by Crippen LogP contribution is 2.36. The van der Waals surface area contributed by atoms with Gasteiger partial charge in [-0.15, -0.1) is 0 Å². The number of amides is 1. The Bertz CT molecular complexity index is 974. The molecule has 1 aromatic heterocycles. The third-order valence-corrected chi connectivity index (χ3v) is 4.43. The van der Waals surface area contributed by atoms with Gasteiger partial charge in [0.25, 0.3) is 5.91 Å². The number of nitrogens with zero attached hydrogens (tertiary/aromatic N) is 1. The lowest BCUT2D eigenvalue weighted by Gasteiger charge is -2.14. The Morgan fingerprint density at radius 2 is 1.85 bits per heavy atom. The molecule has 1 heterocycles. The number of alkyl halides is 2. The van der Waals surface area contributed by atoms with Crippen molar-refractivity contribution in [3.63, 3.8) is 0 Å². The minimum atomic E-state index is -2.65. The number of hydrogen-bond acceptors (Lipinski definition) is 2. The zero-order valence-corrected chi connectivity index (χ0v) is 15.1. The predicted octanol–water partition coefficient (Wildman–Crippen LogP) is 5.58. The number of hydrogen-bond donors (Lipinski definition) is 2. The number of anilines is 1. The maximum absolute atomic E-state index is 14.0. The van der Waals surface area contributed by atoms with Gasteiger partial charge in [-0.3, -0.25) is 9.89 Å². The van der Waals surface area contributed by atoms with Crippen molar-refractivity contribution in [2.75, 3.05) is 5.32 Å². The van der Waals surface area contributed by atoms with Crippen molar-refractivity contribution in [1.29, 1.82) is 0 Å². The van der Waals surface area contributed by atoms with E-state index in [2.05, 4.69) is 15.5 Å². The first-order valence-electron chi connectivity index (χ1n) is 7.72. The summed E-state index contributed by atoms with van der Waals surface area (Å²) < 4.78 is 39.2. The normalized spacial score (nSPS) is 11.0. The number of benzene rings is 2. The smallest absolute Gasteiger partial charge is 0.259 e. The van der Waals surface area contributed by atoms with Crippen LogP contribution >= 0.6 is 23.2 Å². The van der Waals surface area contributed by atoms with E-state index < -0.39 is 24.6 Å². The summed E-state index contributed by atoms with van der Waals surface area (Å²) in [4.78, 5) is 12.6. The Balaban J connectivity index is 1.99. The van der Waals surface area contributed by atoms with Crippen LogP contribution in [0.15, 0.2) is 42.6 Å². The molecule has 0 atom stereocenters. The van der Waals surface area contributed by atoms with Crippen LogP contribution in [-0.4, -0.2) is 22.5 Å². The highest BCUT2D eigenvalue weighted by Gasteiger charge is 2.21. The molecule has 9 heteroatoms. The SMILES string of the molecule is O=C(Nc1c(-c2ccc(Cl)cc2)ccc(F)c1Cl)c1cn[nH]c1CC(F)F. The second-order valence-corrected chi connectivity index (χ2v) is 6.42. The summed E-state index contributed by atoms with van der Waals surface area (Å²) in [5.41, 5.74) is 1.01. The summed E-state index contributed by atoms with van der Waals surface area (Å²) in [6.07, 6.45) is -2.19. The fraction of sp³-hybridized carbons (Fsp3) is 0.111. The number of aromatic amines is 1. The van der Waals surface area contributed by atoms with Crippen molar-refractivity contribution in [3.05, 3.63) is 69.7 Å². The Morgan fingerprint density at radius 3 is 2.52 bits per heavy atom. The third-order valence-electron chi connectivity index (χ3n) is 3.81. The zero-order chi connectivity index (χ0) is 19.6. The molecule has 0 aliphatic rings. The number of halogens is 5. The van der Waals surface area contributed by atoms with Gasteiger partial charge in [-0.1, -0.05) is 35.3 Å². The van der Waals surface area contributed by atoms with E-state index in [0.717, 1.165) is 6.20 Å². The number of H-pyrrole nitrogens is 1. The average molecular weight is 414 g/mol. The molecule has 3 rings (SSSR count). The lowest BCUT2D eigenvalue weighted by molar-refractivity contribution is 0.102. The minimum absolute atomic E-state index is 0.0215. The van der Waals surface area contributed by atoms with Crippen molar-refractivity contribution < 1.29 is 18.0 Å². The van der Waals surface area contributed by atoms with Gasteiger partial charge >= 0.3 is 0 Å². The number of rotatable bonds is 5. The lowest BCUT2D eigenvalue weighted by atomic mass is 10.0. The summed E-state index contributed by atoms with van der Waals surface area (Å²) in [7, 11) is 0. The molecule has 27 heavy (non-hydrogen) atoms. The van der Waals surface area contributed by atoms with Gasteiger partial charge in [0.2, 0.25) is 6.43 Å². The molecule has 0 spiro atoms. The molecule has 0 aliphatic heterocycles. The fourth-order valence-corrected chi connectivity index (χ4v) is 2.88. The monoisotopic (exact) mass is 413 g/mol. The first-order chi connectivity index (χ1) is 12.9. The van der Waals surface area contributed by atoms with Crippen molar-refractivity contribution in [3.8, 4) is 11.1 Å². The molecule has 2 N–H and O–H groups in total. The number of carbonyl (C=O) groups is 1. The quantitative estimate of drug-likeness (QED) is 0.573. The van der Waals surface area contributed by atoms with Gasteiger partial charge in [0, 0.05) is 10.6 Å². The Morgan fingerprint density at radius 1 is 1.15 bits per heavy atom. The van der Waals surface area contributed by atoms with Crippen LogP contribution in [0.1, 0.15) is 16.1 Å². The molecule has 0 bridgehead atoms. The summed E-state index contributed by atoms with van der Waals surface area (Å²) in [5, 5.41) is 8.71. The molecule has 1 amide bonds. The van der Waals surface area contributed by atoms with E-state index >= 15 is 0 Å². The number of aromatic nitrogens is 2. The standard InChI is InChI=1S/C18H12Cl2F3N3O/c19-10-3-1-9(2-4-10)11-5-6-13(21)16(20)17(11)25-18(27)12-8-24-26-14(12)7-15(22)23/h1-6,8,15H,7H2,(H,24,26)(H,25,27). The van der Waals surface area contributed by atoms with E-state index in [1.54, 1.807) is 24.3 Å². The molecule has 0 saturated heterocycles. The van der Waals surface area contributed by atoms with Crippen LogP contribution in [0.2, 0.25) is 10.0 Å². The molecule has 0 unspecified atom stereocenters. The van der Waals surface area contributed by atoms with Crippen LogP contribution in [0, 0.1) is 5.82 Å². The predicted molar refractivity (Wildman–Crippen MR) is 98.1 cm³/mol. The maximum Gasteiger partial charge on any atom is 0.259 e. The van der Waals surface area contributed by atoms with Crippen LogP contribution < -0.4 is 5.32 Å². The Hall–Kier alpha value is -2.51. The molecule has 0 radical (unpaired) electrons. The largest absolute Gasteiger partial charge is 0.320 e. The van der Waals surface area contributed by atoms with E-state index in [1.165, 1.54) is 12.1 Å². The second kappa shape index (κ2) is 8.02. The molecular weight excluding hydrogens is 402 g/mol. The van der Waals surface area contributed by atoms with Crippen LogP contribution in [-0.2, 0) is 6.42 Å². The molecule has 140 valence electrons. The summed E-state index contributed by atoms with van der Waals surface area (Å²) in [5.74, 6) is -1.47. The van der Waals surface area contributed by atoms with Gasteiger partial charge in [0.15, 0.2) is 0 Å². The summed E-state index contributed by atoms with van der Waals surface area (Å²) in [6, 6.07) is 9.26. The van der Waals surface area contributed by atoms with Gasteiger partial charge in [0.1, 0.15) is 10.8 Å². The average Bonchev–Trinajstić information content (AvgIpc) is 3.07. The van der Waals surface area contributed by atoms with Crippen LogP contribution in [0.3, 0.4) is 0 Å². The van der Waals surface area contributed by atoms with Crippen molar-refractivity contribution in [2.24, 2.45) is 0 Å². The van der Waals surface area contributed by atoms with Crippen molar-refractivity contribution in [2.45, 2.75) is 12.8 Å². The highest BCUT2D eigenvalue weighted by molar-refractivity contribution is 6.35. The van der Waals surface area contributed by atoms with Gasteiger partial charge in [-0.2, -0.15) is 5.10 Å². The second-order valence-electron chi connectivity index (χ2n) is 5.60. The lowest BCUT2D eigenvalue weighted by Crippen LogP contribution is -2.15. The fourth-order valence-electron chi connectivity index (χ4n) is 2.54. The minimum Gasteiger partial charge on any atom is -0.320 e. The Labute approximate surface area is 162 Å². The molecule has 0 aliphatic carbocycles. The first-order valence-corrected chi connectivity index (χ1v) is 8.48. The van der Waals surface area contributed by atoms with Crippen LogP contribution in [0.4, 0.5) is 18.9 Å². The van der Waals surface area contributed by atoms with E-state index in [4.69, 9.17) is 23.2 Å². The van der Waals surface area contributed by atoms with E-state index in [1.807, 2.05) is 0 Å². The van der Waals surface area contributed by atoms with Gasteiger partial charge < -0.3 is 5.32 Å². The molecule has 2 aromatic carbocycles. The van der Waals surface area contributed by atoms with Crippen molar-refractivity contribution >= 4 is 34.8 Å². The van der Waals surface area contributed by atoms with Gasteiger partial charge in [-0.25, -0.2) is 13.2 Å². The topological polar surface area (TPSA) is 57.8 Å². The zero-order valence-electron chi connectivity index (χ0n) is 13.6.